The Balaban J connectivity index is 1.68. The Morgan fingerprint density at radius 1 is 1.09 bits per heavy atom. The molecule has 1 saturated heterocycles. The van der Waals surface area contributed by atoms with Gasteiger partial charge in [-0.15, -0.1) is 0 Å². The van der Waals surface area contributed by atoms with Crippen LogP contribution in [0.4, 0.5) is 10.1 Å². The monoisotopic (exact) mass is 466 g/mol. The fourth-order valence-corrected chi connectivity index (χ4v) is 4.98. The molecular weight excluding hydrogens is 431 g/mol. The molecule has 2 N–H and O–H groups in total. The van der Waals surface area contributed by atoms with Crippen molar-refractivity contribution in [1.82, 2.24) is 14.4 Å². The van der Waals surface area contributed by atoms with Crippen LogP contribution in [-0.4, -0.2) is 64.7 Å². The molecule has 4 rings (SSSR count). The first-order valence-corrected chi connectivity index (χ1v) is 12.1. The van der Waals surface area contributed by atoms with E-state index in [-0.39, 0.29) is 18.3 Å². The first-order valence-electron chi connectivity index (χ1n) is 12.1. The molecular formula is C27H35FN4O2. The zero-order valence-corrected chi connectivity index (χ0v) is 20.6. The molecule has 6 nitrogen and oxygen atoms in total. The summed E-state index contributed by atoms with van der Waals surface area (Å²) in [5.74, 6) is -0.200. The summed E-state index contributed by atoms with van der Waals surface area (Å²) in [5.41, 5.74) is 6.99. The molecule has 0 aliphatic carbocycles. The number of aryl methyl sites for hydroxylation is 3. The number of carbonyl (C=O) groups excluding carboxylic acids is 1. The Morgan fingerprint density at radius 3 is 2.47 bits per heavy atom. The number of aliphatic hydroxyl groups excluding tert-OH is 1. The lowest BCUT2D eigenvalue weighted by Crippen LogP contribution is -2.49. The third-order valence-electron chi connectivity index (χ3n) is 7.14. The number of piperazine rings is 1. The minimum atomic E-state index is -0.235. The number of β-amino-alcohol motifs (C(OH)–C–C–N with tert-alkyl or cyclic N) is 1. The number of carbonyl (C=O) groups is 1. The van der Waals surface area contributed by atoms with Crippen LogP contribution in [0.2, 0.25) is 0 Å². The molecule has 1 aliphatic heterocycles. The van der Waals surface area contributed by atoms with Gasteiger partial charge in [-0.3, -0.25) is 9.69 Å². The minimum Gasteiger partial charge on any atom is -0.395 e. The van der Waals surface area contributed by atoms with Crippen LogP contribution in [0.3, 0.4) is 0 Å². The zero-order chi connectivity index (χ0) is 24.4. The number of hydrogen-bond acceptors (Lipinski definition) is 4. The maximum absolute atomic E-state index is 13.6. The maximum Gasteiger partial charge on any atom is 0.254 e. The molecule has 1 amide bonds. The molecule has 1 fully saturated rings. The highest BCUT2D eigenvalue weighted by Crippen LogP contribution is 2.33. The van der Waals surface area contributed by atoms with Crippen LogP contribution in [0.1, 0.15) is 39.7 Å². The van der Waals surface area contributed by atoms with E-state index in [1.807, 2.05) is 30.0 Å². The lowest BCUT2D eigenvalue weighted by Gasteiger charge is -2.34. The summed E-state index contributed by atoms with van der Waals surface area (Å²) in [6.45, 7) is 13.3. The molecule has 7 heteroatoms. The average molecular weight is 467 g/mol. The lowest BCUT2D eigenvalue weighted by molar-refractivity contribution is 0.0615. The van der Waals surface area contributed by atoms with Crippen LogP contribution < -0.4 is 5.32 Å². The van der Waals surface area contributed by atoms with Crippen molar-refractivity contribution in [3.8, 4) is 0 Å². The van der Waals surface area contributed by atoms with E-state index in [0.29, 0.717) is 31.7 Å². The molecule has 3 aromatic rings. The first kappa shape index (κ1) is 24.2. The number of aliphatic hydroxyl groups is 1. The van der Waals surface area contributed by atoms with Gasteiger partial charge in [0.25, 0.3) is 5.91 Å². The van der Waals surface area contributed by atoms with Crippen LogP contribution in [0.15, 0.2) is 30.3 Å². The molecule has 0 spiro atoms. The van der Waals surface area contributed by atoms with Crippen molar-refractivity contribution in [2.75, 3.05) is 44.6 Å². The second-order valence-corrected chi connectivity index (χ2v) is 9.16. The third kappa shape index (κ3) is 4.68. The fourth-order valence-electron chi connectivity index (χ4n) is 4.98. The van der Waals surface area contributed by atoms with Crippen molar-refractivity contribution in [2.24, 2.45) is 0 Å². The van der Waals surface area contributed by atoms with Gasteiger partial charge in [-0.25, -0.2) is 4.39 Å². The summed E-state index contributed by atoms with van der Waals surface area (Å²) in [7, 11) is 0. The summed E-state index contributed by atoms with van der Waals surface area (Å²) in [4.78, 5) is 17.6. The number of nitrogens with one attached hydrogen (secondary N) is 1. The van der Waals surface area contributed by atoms with Gasteiger partial charge in [0, 0.05) is 62.5 Å². The summed E-state index contributed by atoms with van der Waals surface area (Å²) in [6, 6.07) is 8.84. The van der Waals surface area contributed by atoms with E-state index in [2.05, 4.69) is 35.6 Å². The largest absolute Gasteiger partial charge is 0.395 e. The number of rotatable bonds is 7. The average Bonchev–Trinajstić information content (AvgIpc) is 3.08. The van der Waals surface area contributed by atoms with Crippen LogP contribution >= 0.6 is 0 Å². The van der Waals surface area contributed by atoms with Gasteiger partial charge in [0.05, 0.1) is 17.8 Å². The smallest absolute Gasteiger partial charge is 0.254 e. The first-order chi connectivity index (χ1) is 16.3. The quantitative estimate of drug-likeness (QED) is 0.551. The standard InChI is InChI=1S/C27H35FN4O2/c1-5-32-20(4)19(3)24-15-22(27(34)31-10-8-30(9-11-31)12-13-33)16-25(26(24)32)29-17-21-6-7-23(28)14-18(21)2/h6-7,14-16,29,33H,5,8-13,17H2,1-4H3. The fraction of sp³-hybridized carbons (Fsp3) is 0.444. The molecule has 1 aliphatic rings. The summed E-state index contributed by atoms with van der Waals surface area (Å²) < 4.78 is 15.9. The number of anilines is 1. The van der Waals surface area contributed by atoms with Crippen molar-refractivity contribution in [3.63, 3.8) is 0 Å². The number of hydrogen-bond donors (Lipinski definition) is 2. The van der Waals surface area contributed by atoms with Crippen LogP contribution in [-0.2, 0) is 13.1 Å². The lowest BCUT2D eigenvalue weighted by atomic mass is 10.0. The third-order valence-corrected chi connectivity index (χ3v) is 7.14. The molecule has 0 radical (unpaired) electrons. The highest BCUT2D eigenvalue weighted by molar-refractivity contribution is 6.04. The number of benzene rings is 2. The van der Waals surface area contributed by atoms with Gasteiger partial charge in [0.2, 0.25) is 0 Å². The molecule has 182 valence electrons. The van der Waals surface area contributed by atoms with Crippen LogP contribution in [0.5, 0.6) is 0 Å². The Bertz CT molecular complexity index is 1200. The van der Waals surface area contributed by atoms with E-state index in [0.717, 1.165) is 47.4 Å². The van der Waals surface area contributed by atoms with Gasteiger partial charge in [0.1, 0.15) is 5.82 Å². The van der Waals surface area contributed by atoms with Crippen molar-refractivity contribution < 1.29 is 14.3 Å². The van der Waals surface area contributed by atoms with E-state index in [1.165, 1.54) is 17.3 Å². The van der Waals surface area contributed by atoms with Gasteiger partial charge in [0.15, 0.2) is 0 Å². The normalized spacial score (nSPS) is 14.7. The van der Waals surface area contributed by atoms with Gasteiger partial charge < -0.3 is 19.9 Å². The molecule has 0 unspecified atom stereocenters. The van der Waals surface area contributed by atoms with Gasteiger partial charge >= 0.3 is 0 Å². The Kier molecular flexibility index (Phi) is 7.24. The molecule has 2 aromatic carbocycles. The number of aromatic nitrogens is 1. The molecule has 34 heavy (non-hydrogen) atoms. The van der Waals surface area contributed by atoms with Crippen molar-refractivity contribution >= 4 is 22.5 Å². The van der Waals surface area contributed by atoms with Crippen LogP contribution in [0, 0.1) is 26.6 Å². The van der Waals surface area contributed by atoms with Gasteiger partial charge in [-0.2, -0.15) is 0 Å². The Labute approximate surface area is 201 Å². The van der Waals surface area contributed by atoms with Crippen molar-refractivity contribution in [1.29, 1.82) is 0 Å². The van der Waals surface area contributed by atoms with E-state index >= 15 is 0 Å². The SMILES string of the molecule is CCn1c(C)c(C)c2cc(C(=O)N3CCN(CCO)CC3)cc(NCc3ccc(F)cc3C)c21. The summed E-state index contributed by atoms with van der Waals surface area (Å²) >= 11 is 0. The Morgan fingerprint density at radius 2 is 1.82 bits per heavy atom. The molecule has 2 heterocycles. The number of fused-ring (bicyclic) bond motifs is 1. The van der Waals surface area contributed by atoms with E-state index in [1.54, 1.807) is 6.07 Å². The summed E-state index contributed by atoms with van der Waals surface area (Å²) in [6.07, 6.45) is 0. The molecule has 0 atom stereocenters. The van der Waals surface area contributed by atoms with Crippen molar-refractivity contribution in [3.05, 3.63) is 64.1 Å². The predicted octanol–water partition coefficient (Wildman–Crippen LogP) is 4.09. The highest BCUT2D eigenvalue weighted by atomic mass is 19.1. The zero-order valence-electron chi connectivity index (χ0n) is 20.6. The van der Waals surface area contributed by atoms with Crippen molar-refractivity contribution in [2.45, 2.75) is 40.8 Å². The van der Waals surface area contributed by atoms with Gasteiger partial charge in [-0.1, -0.05) is 6.07 Å². The van der Waals surface area contributed by atoms with E-state index in [4.69, 9.17) is 0 Å². The second kappa shape index (κ2) is 10.2. The second-order valence-electron chi connectivity index (χ2n) is 9.16. The van der Waals surface area contributed by atoms with Gasteiger partial charge in [-0.05, 0) is 68.7 Å². The maximum atomic E-state index is 13.6. The topological polar surface area (TPSA) is 60.7 Å². The van der Waals surface area contributed by atoms with E-state index < -0.39 is 0 Å². The highest BCUT2D eigenvalue weighted by Gasteiger charge is 2.24. The predicted molar refractivity (Wildman–Crippen MR) is 135 cm³/mol. The minimum absolute atomic E-state index is 0.0351. The summed E-state index contributed by atoms with van der Waals surface area (Å²) in [5, 5.41) is 13.8. The van der Waals surface area contributed by atoms with Crippen LogP contribution in [0.25, 0.3) is 10.9 Å². The number of halogens is 1. The molecule has 1 aromatic heterocycles. The van der Waals surface area contributed by atoms with E-state index in [9.17, 15) is 14.3 Å². The number of amides is 1. The molecule has 0 bridgehead atoms. The number of nitrogens with zero attached hydrogens (tertiary/aromatic N) is 3. The Hall–Kier alpha value is -2.90. The molecule has 0 saturated carbocycles.